The van der Waals surface area contributed by atoms with Gasteiger partial charge in [-0.2, -0.15) is 0 Å². The molecule has 2 aromatic rings. The summed E-state index contributed by atoms with van der Waals surface area (Å²) in [6, 6.07) is 13.1. The molecule has 1 N–H and O–H groups in total. The number of carbonyl (C=O) groups is 1. The topological polar surface area (TPSA) is 50.8 Å². The average molecular weight is 312 g/mol. The van der Waals surface area contributed by atoms with Gasteiger partial charge in [0.15, 0.2) is 11.5 Å². The van der Waals surface area contributed by atoms with Crippen LogP contribution in [0.25, 0.3) is 0 Å². The molecule has 0 fully saturated rings. The molecule has 0 aromatic heterocycles. The molecule has 23 heavy (non-hydrogen) atoms. The normalized spacial score (nSPS) is 13.5. The van der Waals surface area contributed by atoms with Gasteiger partial charge in [0.25, 0.3) is 5.91 Å². The Morgan fingerprint density at radius 2 is 1.78 bits per heavy atom. The number of nitrogens with one attached hydrogen (secondary N) is 1. The van der Waals surface area contributed by atoms with E-state index < -0.39 is 0 Å². The molecule has 0 saturated carbocycles. The zero-order valence-electron chi connectivity index (χ0n) is 13.5. The molecular weight excluding hydrogens is 292 g/mol. The summed E-state index contributed by atoms with van der Waals surface area (Å²) < 4.78 is 10.7. The molecule has 2 aromatic carbocycles. The minimum atomic E-state index is -0.120. The van der Waals surface area contributed by atoms with Gasteiger partial charge in [-0.15, -0.1) is 0 Å². The monoisotopic (exact) mass is 312 g/mol. The van der Waals surface area contributed by atoms with Crippen LogP contribution in [0.5, 0.6) is 11.5 Å². The first-order valence-electron chi connectivity index (χ1n) is 7.52. The van der Waals surface area contributed by atoms with E-state index >= 15 is 0 Å². The zero-order chi connectivity index (χ0) is 16.4. The van der Waals surface area contributed by atoms with E-state index in [1.54, 1.807) is 0 Å². The first-order valence-corrected chi connectivity index (χ1v) is 7.52. The summed E-state index contributed by atoms with van der Waals surface area (Å²) in [5, 5.41) is 3.00. The third-order valence-electron chi connectivity index (χ3n) is 3.89. The zero-order valence-corrected chi connectivity index (χ0v) is 13.5. The standard InChI is InChI=1S/C18H20N2O3/c1-12(14-6-9-16-17(10-14)23-11-22-16)19-18(21)13-4-7-15(8-5-13)20(2)3/h4-10,12H,11H2,1-3H3,(H,19,21). The molecule has 1 atom stereocenters. The summed E-state index contributed by atoms with van der Waals surface area (Å²) in [4.78, 5) is 14.4. The number of nitrogens with zero attached hydrogens (tertiary/aromatic N) is 1. The van der Waals surface area contributed by atoms with E-state index in [1.807, 2.05) is 68.4 Å². The molecule has 0 saturated heterocycles. The molecular formula is C18H20N2O3. The molecule has 0 spiro atoms. The van der Waals surface area contributed by atoms with Gasteiger partial charge in [-0.1, -0.05) is 6.07 Å². The first-order chi connectivity index (χ1) is 11.0. The summed E-state index contributed by atoms with van der Waals surface area (Å²) >= 11 is 0. The second-order valence-electron chi connectivity index (χ2n) is 5.75. The first kappa shape index (κ1) is 15.2. The largest absolute Gasteiger partial charge is 0.454 e. The van der Waals surface area contributed by atoms with Crippen LogP contribution >= 0.6 is 0 Å². The van der Waals surface area contributed by atoms with E-state index in [9.17, 15) is 4.79 Å². The van der Waals surface area contributed by atoms with Gasteiger partial charge < -0.3 is 19.7 Å². The van der Waals surface area contributed by atoms with Crippen molar-refractivity contribution in [3.05, 3.63) is 53.6 Å². The smallest absolute Gasteiger partial charge is 0.251 e. The lowest BCUT2D eigenvalue weighted by atomic mass is 10.1. The van der Waals surface area contributed by atoms with Gasteiger partial charge >= 0.3 is 0 Å². The molecule has 5 nitrogen and oxygen atoms in total. The fourth-order valence-corrected chi connectivity index (χ4v) is 2.46. The summed E-state index contributed by atoms with van der Waals surface area (Å²) in [5.41, 5.74) is 2.68. The number of anilines is 1. The van der Waals surface area contributed by atoms with E-state index in [-0.39, 0.29) is 18.7 Å². The van der Waals surface area contributed by atoms with Crippen molar-refractivity contribution in [2.24, 2.45) is 0 Å². The highest BCUT2D eigenvalue weighted by atomic mass is 16.7. The number of rotatable bonds is 4. The van der Waals surface area contributed by atoms with E-state index in [0.717, 1.165) is 22.7 Å². The van der Waals surface area contributed by atoms with Crippen molar-refractivity contribution in [2.45, 2.75) is 13.0 Å². The Morgan fingerprint density at radius 3 is 2.48 bits per heavy atom. The lowest BCUT2D eigenvalue weighted by Crippen LogP contribution is -2.26. The van der Waals surface area contributed by atoms with Gasteiger partial charge in [-0.05, 0) is 48.9 Å². The molecule has 120 valence electrons. The number of benzene rings is 2. The highest BCUT2D eigenvalue weighted by Gasteiger charge is 2.17. The Bertz CT molecular complexity index is 711. The highest BCUT2D eigenvalue weighted by molar-refractivity contribution is 5.94. The maximum Gasteiger partial charge on any atom is 0.251 e. The Morgan fingerprint density at radius 1 is 1.09 bits per heavy atom. The van der Waals surface area contributed by atoms with Crippen molar-refractivity contribution in [1.29, 1.82) is 0 Å². The quantitative estimate of drug-likeness (QED) is 0.943. The van der Waals surface area contributed by atoms with Crippen LogP contribution in [0.15, 0.2) is 42.5 Å². The van der Waals surface area contributed by atoms with Crippen LogP contribution in [0.2, 0.25) is 0 Å². The molecule has 3 rings (SSSR count). The van der Waals surface area contributed by atoms with Crippen LogP contribution in [0, 0.1) is 0 Å². The molecule has 0 radical (unpaired) electrons. The lowest BCUT2D eigenvalue weighted by molar-refractivity contribution is 0.0940. The van der Waals surface area contributed by atoms with E-state index in [4.69, 9.17) is 9.47 Å². The highest BCUT2D eigenvalue weighted by Crippen LogP contribution is 2.34. The van der Waals surface area contributed by atoms with Crippen molar-refractivity contribution in [3.63, 3.8) is 0 Å². The summed E-state index contributed by atoms with van der Waals surface area (Å²) in [6.45, 7) is 2.20. The molecule has 0 bridgehead atoms. The SMILES string of the molecule is CC(NC(=O)c1ccc(N(C)C)cc1)c1ccc2c(c1)OCO2. The molecule has 1 amide bonds. The third kappa shape index (κ3) is 3.23. The second kappa shape index (κ2) is 6.20. The molecule has 1 aliphatic heterocycles. The minimum absolute atomic E-state index is 0.0968. The van der Waals surface area contributed by atoms with Crippen molar-refractivity contribution in [1.82, 2.24) is 5.32 Å². The maximum atomic E-state index is 12.4. The Kier molecular flexibility index (Phi) is 4.10. The Labute approximate surface area is 135 Å². The molecule has 1 heterocycles. The van der Waals surface area contributed by atoms with Gasteiger partial charge in [0.1, 0.15) is 0 Å². The van der Waals surface area contributed by atoms with Crippen LogP contribution in [-0.4, -0.2) is 26.8 Å². The van der Waals surface area contributed by atoms with Gasteiger partial charge in [-0.3, -0.25) is 4.79 Å². The summed E-state index contributed by atoms with van der Waals surface area (Å²) in [6.07, 6.45) is 0. The third-order valence-corrected chi connectivity index (χ3v) is 3.89. The number of fused-ring (bicyclic) bond motifs is 1. The number of amides is 1. The predicted molar refractivity (Wildman–Crippen MR) is 89.2 cm³/mol. The van der Waals surface area contributed by atoms with Crippen molar-refractivity contribution in [2.75, 3.05) is 25.8 Å². The molecule has 1 aliphatic rings. The van der Waals surface area contributed by atoms with Crippen LogP contribution in [0.1, 0.15) is 28.9 Å². The molecule has 0 aliphatic carbocycles. The van der Waals surface area contributed by atoms with Crippen LogP contribution in [-0.2, 0) is 0 Å². The minimum Gasteiger partial charge on any atom is -0.454 e. The number of carbonyl (C=O) groups excluding carboxylic acids is 1. The second-order valence-corrected chi connectivity index (χ2v) is 5.75. The van der Waals surface area contributed by atoms with Crippen molar-refractivity contribution < 1.29 is 14.3 Å². The van der Waals surface area contributed by atoms with Gasteiger partial charge in [0.05, 0.1) is 6.04 Å². The Balaban J connectivity index is 1.69. The average Bonchev–Trinajstić information content (AvgIpc) is 3.02. The number of hydrogen-bond donors (Lipinski definition) is 1. The summed E-state index contributed by atoms with van der Waals surface area (Å²) in [5.74, 6) is 1.37. The van der Waals surface area contributed by atoms with Crippen LogP contribution in [0.3, 0.4) is 0 Å². The van der Waals surface area contributed by atoms with E-state index in [1.165, 1.54) is 0 Å². The van der Waals surface area contributed by atoms with Crippen LogP contribution < -0.4 is 19.7 Å². The van der Waals surface area contributed by atoms with Crippen LogP contribution in [0.4, 0.5) is 5.69 Å². The number of hydrogen-bond acceptors (Lipinski definition) is 4. The van der Waals surface area contributed by atoms with Crippen molar-refractivity contribution in [3.8, 4) is 11.5 Å². The summed E-state index contributed by atoms with van der Waals surface area (Å²) in [7, 11) is 3.94. The van der Waals surface area contributed by atoms with Gasteiger partial charge in [0, 0.05) is 25.3 Å². The number of ether oxygens (including phenoxy) is 2. The van der Waals surface area contributed by atoms with E-state index in [0.29, 0.717) is 5.56 Å². The fourth-order valence-electron chi connectivity index (χ4n) is 2.46. The van der Waals surface area contributed by atoms with Crippen molar-refractivity contribution >= 4 is 11.6 Å². The predicted octanol–water partition coefficient (Wildman–Crippen LogP) is 2.97. The maximum absolute atomic E-state index is 12.4. The Hall–Kier alpha value is -2.69. The molecule has 5 heteroatoms. The van der Waals surface area contributed by atoms with Gasteiger partial charge in [-0.25, -0.2) is 0 Å². The lowest BCUT2D eigenvalue weighted by Gasteiger charge is -2.16. The molecule has 1 unspecified atom stereocenters. The fraction of sp³-hybridized carbons (Fsp3) is 0.278. The van der Waals surface area contributed by atoms with E-state index in [2.05, 4.69) is 5.32 Å². The van der Waals surface area contributed by atoms with Gasteiger partial charge in [0.2, 0.25) is 6.79 Å².